The van der Waals surface area contributed by atoms with Gasteiger partial charge in [0.1, 0.15) is 13.2 Å². The number of hydrogen-bond acceptors (Lipinski definition) is 4. The third-order valence-corrected chi connectivity index (χ3v) is 2.27. The molecule has 0 aliphatic rings. The van der Waals surface area contributed by atoms with E-state index in [-0.39, 0.29) is 12.5 Å². The first-order valence-corrected chi connectivity index (χ1v) is 5.04. The van der Waals surface area contributed by atoms with Crippen LogP contribution in [0, 0.1) is 6.92 Å². The molecule has 0 fully saturated rings. The Labute approximate surface area is 98.4 Å². The quantitative estimate of drug-likeness (QED) is 0.696. The number of amides is 1. The number of carbonyl (C=O) groups excluding carboxylic acids is 1. The van der Waals surface area contributed by atoms with Crippen LogP contribution in [0.3, 0.4) is 0 Å². The maximum atomic E-state index is 11.3. The summed E-state index contributed by atoms with van der Waals surface area (Å²) >= 11 is 0. The Morgan fingerprint density at radius 1 is 1.53 bits per heavy atom. The van der Waals surface area contributed by atoms with Crippen molar-refractivity contribution in [2.45, 2.75) is 13.5 Å². The molecule has 0 unspecified atom stereocenters. The zero-order valence-electron chi connectivity index (χ0n) is 9.77. The van der Waals surface area contributed by atoms with Gasteiger partial charge in [0.25, 0.3) is 0 Å². The van der Waals surface area contributed by atoms with Crippen LogP contribution in [0.4, 0.5) is 0 Å². The second-order valence-electron chi connectivity index (χ2n) is 3.54. The van der Waals surface area contributed by atoms with E-state index in [9.17, 15) is 9.59 Å². The van der Waals surface area contributed by atoms with E-state index in [1.165, 1.54) is 0 Å². The van der Waals surface area contributed by atoms with Crippen LogP contribution in [0.1, 0.15) is 11.3 Å². The van der Waals surface area contributed by atoms with Gasteiger partial charge in [-0.3, -0.25) is 9.48 Å². The first-order chi connectivity index (χ1) is 8.00. The predicted molar refractivity (Wildman–Crippen MR) is 58.2 cm³/mol. The molecule has 0 spiro atoms. The average Bonchev–Trinajstić information content (AvgIpc) is 2.57. The van der Waals surface area contributed by atoms with E-state index in [4.69, 9.17) is 5.11 Å². The van der Waals surface area contributed by atoms with Crippen molar-refractivity contribution in [1.29, 1.82) is 0 Å². The largest absolute Gasteiger partial charge is 0.480 e. The summed E-state index contributed by atoms with van der Waals surface area (Å²) in [6.07, 6.45) is 1.67. The van der Waals surface area contributed by atoms with Crippen molar-refractivity contribution in [1.82, 2.24) is 15.1 Å². The number of hydrogen-bond donors (Lipinski definition) is 2. The van der Waals surface area contributed by atoms with Crippen LogP contribution in [0.15, 0.2) is 6.20 Å². The Morgan fingerprint density at radius 2 is 2.24 bits per heavy atom. The van der Waals surface area contributed by atoms with E-state index in [0.717, 1.165) is 11.3 Å². The van der Waals surface area contributed by atoms with Gasteiger partial charge in [0.2, 0.25) is 5.91 Å². The van der Waals surface area contributed by atoms with Gasteiger partial charge < -0.3 is 15.2 Å². The van der Waals surface area contributed by atoms with Gasteiger partial charge in [-0.05, 0) is 6.92 Å². The molecule has 0 atom stereocenters. The van der Waals surface area contributed by atoms with E-state index >= 15 is 0 Å². The summed E-state index contributed by atoms with van der Waals surface area (Å²) in [5, 5.41) is 15.0. The molecule has 1 aromatic heterocycles. The molecule has 7 nitrogen and oxygen atoms in total. The van der Waals surface area contributed by atoms with Gasteiger partial charge in [-0.1, -0.05) is 0 Å². The van der Waals surface area contributed by atoms with E-state index in [1.54, 1.807) is 10.9 Å². The van der Waals surface area contributed by atoms with Gasteiger partial charge in [-0.15, -0.1) is 0 Å². The molecule has 0 aliphatic carbocycles. The van der Waals surface area contributed by atoms with Crippen LogP contribution < -0.4 is 5.32 Å². The second-order valence-corrected chi connectivity index (χ2v) is 3.54. The molecule has 1 aromatic rings. The molecular formula is C10H15N3O4. The molecule has 17 heavy (non-hydrogen) atoms. The van der Waals surface area contributed by atoms with Gasteiger partial charge in [0.05, 0.1) is 6.20 Å². The van der Waals surface area contributed by atoms with Crippen molar-refractivity contribution in [2.24, 2.45) is 7.05 Å². The van der Waals surface area contributed by atoms with E-state index in [1.807, 2.05) is 14.0 Å². The predicted octanol–water partition coefficient (Wildman–Crippen LogP) is -0.554. The molecule has 1 rings (SSSR count). The molecule has 1 heterocycles. The number of rotatable bonds is 6. The number of nitrogens with zero attached hydrogens (tertiary/aromatic N) is 2. The Morgan fingerprint density at radius 3 is 2.76 bits per heavy atom. The lowest BCUT2D eigenvalue weighted by Crippen LogP contribution is -2.28. The Hall–Kier alpha value is -1.89. The first-order valence-electron chi connectivity index (χ1n) is 5.04. The molecule has 94 valence electrons. The van der Waals surface area contributed by atoms with Gasteiger partial charge in [-0.25, -0.2) is 4.79 Å². The fraction of sp³-hybridized carbons (Fsp3) is 0.500. The summed E-state index contributed by atoms with van der Waals surface area (Å²) in [6.45, 7) is 1.52. The Bertz CT molecular complexity index is 414. The summed E-state index contributed by atoms with van der Waals surface area (Å²) in [6, 6.07) is 0. The monoisotopic (exact) mass is 241 g/mol. The van der Waals surface area contributed by atoms with E-state index in [2.05, 4.69) is 15.2 Å². The third kappa shape index (κ3) is 4.23. The third-order valence-electron chi connectivity index (χ3n) is 2.27. The fourth-order valence-electron chi connectivity index (χ4n) is 1.19. The maximum Gasteiger partial charge on any atom is 0.329 e. The van der Waals surface area contributed by atoms with Crippen molar-refractivity contribution < 1.29 is 19.4 Å². The molecule has 0 aliphatic heterocycles. The van der Waals surface area contributed by atoms with Crippen molar-refractivity contribution in [3.05, 3.63) is 17.5 Å². The van der Waals surface area contributed by atoms with Crippen molar-refractivity contribution in [2.75, 3.05) is 13.2 Å². The highest BCUT2D eigenvalue weighted by Crippen LogP contribution is 2.04. The highest BCUT2D eigenvalue weighted by Gasteiger charge is 2.07. The zero-order valence-corrected chi connectivity index (χ0v) is 9.77. The average molecular weight is 241 g/mol. The number of nitrogens with one attached hydrogen (secondary N) is 1. The lowest BCUT2D eigenvalue weighted by Gasteiger charge is -2.04. The number of carbonyl (C=O) groups is 2. The van der Waals surface area contributed by atoms with Gasteiger partial charge in [-0.2, -0.15) is 5.10 Å². The lowest BCUT2D eigenvalue weighted by atomic mass is 10.2. The molecular weight excluding hydrogens is 226 g/mol. The van der Waals surface area contributed by atoms with Crippen LogP contribution in [-0.2, 0) is 27.9 Å². The van der Waals surface area contributed by atoms with Crippen LogP contribution >= 0.6 is 0 Å². The van der Waals surface area contributed by atoms with Crippen LogP contribution in [-0.4, -0.2) is 40.0 Å². The number of aromatic nitrogens is 2. The van der Waals surface area contributed by atoms with E-state index in [0.29, 0.717) is 6.54 Å². The first kappa shape index (κ1) is 13.2. The molecule has 0 saturated heterocycles. The zero-order chi connectivity index (χ0) is 12.8. The van der Waals surface area contributed by atoms with E-state index < -0.39 is 12.6 Å². The highest BCUT2D eigenvalue weighted by atomic mass is 16.5. The van der Waals surface area contributed by atoms with Crippen molar-refractivity contribution in [3.63, 3.8) is 0 Å². The molecule has 2 N–H and O–H groups in total. The summed E-state index contributed by atoms with van der Waals surface area (Å²) in [4.78, 5) is 21.4. The summed E-state index contributed by atoms with van der Waals surface area (Å²) in [7, 11) is 1.82. The molecule has 0 bridgehead atoms. The molecule has 0 radical (unpaired) electrons. The second kappa shape index (κ2) is 6.00. The molecule has 1 amide bonds. The minimum absolute atomic E-state index is 0.258. The Kier molecular flexibility index (Phi) is 4.65. The maximum absolute atomic E-state index is 11.3. The standard InChI is InChI=1S/C10H15N3O4/c1-7-8(4-12-13(7)2)3-11-9(14)5-17-6-10(15)16/h4H,3,5-6H2,1-2H3,(H,11,14)(H,15,16). The fourth-order valence-corrected chi connectivity index (χ4v) is 1.19. The number of aryl methyl sites for hydroxylation is 1. The summed E-state index contributed by atoms with van der Waals surface area (Å²) in [5.41, 5.74) is 1.89. The van der Waals surface area contributed by atoms with Crippen molar-refractivity contribution >= 4 is 11.9 Å². The smallest absolute Gasteiger partial charge is 0.329 e. The minimum Gasteiger partial charge on any atom is -0.480 e. The number of aliphatic carboxylic acids is 1. The summed E-state index contributed by atoms with van der Waals surface area (Å²) in [5.74, 6) is -1.45. The molecule has 0 aromatic carbocycles. The molecule has 0 saturated carbocycles. The normalized spacial score (nSPS) is 10.2. The SMILES string of the molecule is Cc1c(CNC(=O)COCC(=O)O)cnn1C. The summed E-state index contributed by atoms with van der Waals surface area (Å²) < 4.78 is 6.36. The molecule has 7 heteroatoms. The van der Waals surface area contributed by atoms with Crippen molar-refractivity contribution in [3.8, 4) is 0 Å². The number of carboxylic acids is 1. The van der Waals surface area contributed by atoms with Crippen LogP contribution in [0.2, 0.25) is 0 Å². The Balaban J connectivity index is 2.28. The lowest BCUT2D eigenvalue weighted by molar-refractivity contribution is -0.143. The number of carboxylic acid groups (broad SMARTS) is 1. The van der Waals surface area contributed by atoms with Gasteiger partial charge in [0, 0.05) is 24.8 Å². The topological polar surface area (TPSA) is 93.4 Å². The van der Waals surface area contributed by atoms with Gasteiger partial charge >= 0.3 is 5.97 Å². The van der Waals surface area contributed by atoms with Gasteiger partial charge in [0.15, 0.2) is 0 Å². The van der Waals surface area contributed by atoms with Crippen LogP contribution in [0.5, 0.6) is 0 Å². The van der Waals surface area contributed by atoms with Crippen LogP contribution in [0.25, 0.3) is 0 Å². The number of ether oxygens (including phenoxy) is 1. The minimum atomic E-state index is -1.10. The highest BCUT2D eigenvalue weighted by molar-refractivity contribution is 5.77.